The van der Waals surface area contributed by atoms with Gasteiger partial charge in [0, 0.05) is 5.41 Å². The van der Waals surface area contributed by atoms with Crippen molar-refractivity contribution in [3.63, 3.8) is 0 Å². The SMILES string of the molecule is CC1(C)C2CCC1(C)C(Oc1nc(N)ncc1[N+](=O)[O-])C2. The molecule has 21 heavy (non-hydrogen) atoms. The Hall–Kier alpha value is -1.92. The van der Waals surface area contributed by atoms with Gasteiger partial charge >= 0.3 is 5.69 Å². The highest BCUT2D eigenvalue weighted by Gasteiger charge is 2.62. The van der Waals surface area contributed by atoms with E-state index >= 15 is 0 Å². The van der Waals surface area contributed by atoms with Gasteiger partial charge in [-0.05, 0) is 30.6 Å². The summed E-state index contributed by atoms with van der Waals surface area (Å²) in [4.78, 5) is 18.1. The van der Waals surface area contributed by atoms with Gasteiger partial charge in [0.25, 0.3) is 5.88 Å². The molecular weight excluding hydrogens is 272 g/mol. The monoisotopic (exact) mass is 292 g/mol. The van der Waals surface area contributed by atoms with Crippen LogP contribution in [-0.2, 0) is 0 Å². The summed E-state index contributed by atoms with van der Waals surface area (Å²) in [5, 5.41) is 11.1. The van der Waals surface area contributed by atoms with Crippen LogP contribution < -0.4 is 10.5 Å². The van der Waals surface area contributed by atoms with Gasteiger partial charge in [-0.15, -0.1) is 0 Å². The molecule has 7 nitrogen and oxygen atoms in total. The Morgan fingerprint density at radius 1 is 1.48 bits per heavy atom. The zero-order valence-corrected chi connectivity index (χ0v) is 12.5. The van der Waals surface area contributed by atoms with Crippen LogP contribution in [0.2, 0.25) is 0 Å². The van der Waals surface area contributed by atoms with Crippen molar-refractivity contribution in [3.8, 4) is 5.88 Å². The lowest BCUT2D eigenvalue weighted by Crippen LogP contribution is -2.39. The van der Waals surface area contributed by atoms with E-state index in [0.717, 1.165) is 19.0 Å². The van der Waals surface area contributed by atoms with Gasteiger partial charge in [-0.3, -0.25) is 10.1 Å². The molecule has 114 valence electrons. The Bertz CT molecular complexity index is 604. The summed E-state index contributed by atoms with van der Waals surface area (Å²) in [7, 11) is 0. The molecule has 0 radical (unpaired) electrons. The molecule has 2 aliphatic rings. The van der Waals surface area contributed by atoms with Gasteiger partial charge in [0.2, 0.25) is 5.95 Å². The molecule has 7 heteroatoms. The third-order valence-corrected chi connectivity index (χ3v) is 5.92. The van der Waals surface area contributed by atoms with E-state index in [1.165, 1.54) is 6.42 Å². The number of anilines is 1. The maximum atomic E-state index is 11.1. The van der Waals surface area contributed by atoms with Gasteiger partial charge in [0.1, 0.15) is 12.3 Å². The fourth-order valence-corrected chi connectivity index (χ4v) is 4.03. The minimum atomic E-state index is -0.532. The predicted octanol–water partition coefficient (Wildman–Crippen LogP) is 2.56. The Labute approximate surface area is 123 Å². The fraction of sp³-hybridized carbons (Fsp3) is 0.714. The van der Waals surface area contributed by atoms with Gasteiger partial charge in [-0.1, -0.05) is 20.8 Å². The standard InChI is InChI=1S/C14H20N4O3/c1-13(2)8-4-5-14(13,3)10(6-8)21-11-9(18(19)20)7-16-12(15)17-11/h7-8,10H,4-6H2,1-3H3,(H2,15,16,17). The van der Waals surface area contributed by atoms with E-state index in [1.807, 2.05) is 0 Å². The van der Waals surface area contributed by atoms with E-state index in [9.17, 15) is 10.1 Å². The summed E-state index contributed by atoms with van der Waals surface area (Å²) in [5.74, 6) is 0.566. The van der Waals surface area contributed by atoms with Crippen molar-refractivity contribution in [1.82, 2.24) is 9.97 Å². The summed E-state index contributed by atoms with van der Waals surface area (Å²) < 4.78 is 5.95. The Kier molecular flexibility index (Phi) is 2.86. The van der Waals surface area contributed by atoms with E-state index in [0.29, 0.717) is 5.92 Å². The molecule has 2 bridgehead atoms. The second-order valence-electron chi connectivity index (χ2n) is 6.89. The van der Waals surface area contributed by atoms with Crippen molar-refractivity contribution in [2.75, 3.05) is 5.73 Å². The molecule has 1 aromatic rings. The highest BCUT2D eigenvalue weighted by atomic mass is 16.6. The maximum absolute atomic E-state index is 11.1. The molecular formula is C14H20N4O3. The number of nitrogens with zero attached hydrogens (tertiary/aromatic N) is 3. The molecule has 1 aromatic heterocycles. The molecule has 2 fully saturated rings. The molecule has 2 aliphatic carbocycles. The van der Waals surface area contributed by atoms with Crippen LogP contribution in [0.15, 0.2) is 6.20 Å². The summed E-state index contributed by atoms with van der Waals surface area (Å²) in [6.45, 7) is 6.73. The van der Waals surface area contributed by atoms with Crippen molar-refractivity contribution in [1.29, 1.82) is 0 Å². The lowest BCUT2D eigenvalue weighted by atomic mass is 9.70. The number of hydrogen-bond acceptors (Lipinski definition) is 6. The predicted molar refractivity (Wildman–Crippen MR) is 76.7 cm³/mol. The van der Waals surface area contributed by atoms with E-state index < -0.39 is 4.92 Å². The molecule has 1 heterocycles. The van der Waals surface area contributed by atoms with Gasteiger partial charge in [-0.2, -0.15) is 4.98 Å². The number of fused-ring (bicyclic) bond motifs is 2. The fourth-order valence-electron chi connectivity index (χ4n) is 4.03. The van der Waals surface area contributed by atoms with E-state index in [4.69, 9.17) is 10.5 Å². The van der Waals surface area contributed by atoms with E-state index in [2.05, 4.69) is 30.7 Å². The largest absolute Gasteiger partial charge is 0.469 e. The molecule has 0 spiro atoms. The van der Waals surface area contributed by atoms with E-state index in [-0.39, 0.29) is 34.4 Å². The highest BCUT2D eigenvalue weighted by molar-refractivity contribution is 5.42. The van der Waals surface area contributed by atoms with Gasteiger partial charge in [0.05, 0.1) is 4.92 Å². The lowest BCUT2D eigenvalue weighted by Gasteiger charge is -2.38. The normalized spacial score (nSPS) is 33.1. The summed E-state index contributed by atoms with van der Waals surface area (Å²) in [6.07, 6.45) is 4.21. The van der Waals surface area contributed by atoms with Crippen molar-refractivity contribution in [3.05, 3.63) is 16.3 Å². The molecule has 3 unspecified atom stereocenters. The summed E-state index contributed by atoms with van der Waals surface area (Å²) in [5.41, 5.74) is 5.49. The third kappa shape index (κ3) is 1.86. The lowest BCUT2D eigenvalue weighted by molar-refractivity contribution is -0.386. The smallest absolute Gasteiger partial charge is 0.349 e. The molecule has 3 rings (SSSR count). The first-order valence-corrected chi connectivity index (χ1v) is 7.19. The second-order valence-corrected chi connectivity index (χ2v) is 6.89. The zero-order valence-electron chi connectivity index (χ0n) is 12.5. The molecule has 2 saturated carbocycles. The molecule has 0 aliphatic heterocycles. The Morgan fingerprint density at radius 3 is 2.71 bits per heavy atom. The first-order valence-electron chi connectivity index (χ1n) is 7.19. The topological polar surface area (TPSA) is 104 Å². The van der Waals surface area contributed by atoms with Crippen LogP contribution in [0.1, 0.15) is 40.0 Å². The van der Waals surface area contributed by atoms with Gasteiger partial charge < -0.3 is 10.5 Å². The zero-order chi connectivity index (χ0) is 15.4. The van der Waals surface area contributed by atoms with Crippen LogP contribution >= 0.6 is 0 Å². The van der Waals surface area contributed by atoms with Crippen LogP contribution in [0.4, 0.5) is 11.6 Å². The summed E-state index contributed by atoms with van der Waals surface area (Å²) >= 11 is 0. The molecule has 0 amide bonds. The Morgan fingerprint density at radius 2 is 2.19 bits per heavy atom. The molecule has 3 atom stereocenters. The number of aromatic nitrogens is 2. The molecule has 0 saturated heterocycles. The Balaban J connectivity index is 1.92. The average molecular weight is 292 g/mol. The van der Waals surface area contributed by atoms with Crippen LogP contribution in [0.3, 0.4) is 0 Å². The minimum Gasteiger partial charge on any atom is -0.469 e. The second kappa shape index (κ2) is 4.29. The van der Waals surface area contributed by atoms with Crippen LogP contribution in [0.25, 0.3) is 0 Å². The maximum Gasteiger partial charge on any atom is 0.349 e. The van der Waals surface area contributed by atoms with E-state index in [1.54, 1.807) is 0 Å². The van der Waals surface area contributed by atoms with Crippen molar-refractivity contribution in [2.45, 2.75) is 46.1 Å². The van der Waals surface area contributed by atoms with Crippen molar-refractivity contribution >= 4 is 11.6 Å². The summed E-state index contributed by atoms with van der Waals surface area (Å²) in [6, 6.07) is 0. The minimum absolute atomic E-state index is 0.00521. The number of rotatable bonds is 3. The number of nitro groups is 1. The number of ether oxygens (including phenoxy) is 1. The quantitative estimate of drug-likeness (QED) is 0.678. The average Bonchev–Trinajstić information content (AvgIpc) is 2.71. The first-order chi connectivity index (χ1) is 9.75. The number of hydrogen-bond donors (Lipinski definition) is 1. The van der Waals surface area contributed by atoms with Crippen molar-refractivity contribution in [2.24, 2.45) is 16.7 Å². The highest BCUT2D eigenvalue weighted by Crippen LogP contribution is 2.66. The molecule has 2 N–H and O–H groups in total. The van der Waals surface area contributed by atoms with Crippen molar-refractivity contribution < 1.29 is 9.66 Å². The number of nitrogens with two attached hydrogens (primary N) is 1. The van der Waals surface area contributed by atoms with Gasteiger partial charge in [-0.25, -0.2) is 4.98 Å². The van der Waals surface area contributed by atoms with Crippen LogP contribution in [-0.4, -0.2) is 21.0 Å². The third-order valence-electron chi connectivity index (χ3n) is 5.92. The van der Waals surface area contributed by atoms with Crippen LogP contribution in [0.5, 0.6) is 5.88 Å². The van der Waals surface area contributed by atoms with Crippen LogP contribution in [0, 0.1) is 26.9 Å². The van der Waals surface area contributed by atoms with Gasteiger partial charge in [0.15, 0.2) is 0 Å². The molecule has 0 aromatic carbocycles. The first kappa shape index (κ1) is 14.0. The number of nitrogen functional groups attached to an aromatic ring is 1.